The summed E-state index contributed by atoms with van der Waals surface area (Å²) in [5, 5.41) is 3.67. The van der Waals surface area contributed by atoms with Crippen molar-refractivity contribution in [2.24, 2.45) is 0 Å². The number of nitrogens with zero attached hydrogens (tertiary/aromatic N) is 3. The molecule has 110 valence electrons. The Morgan fingerprint density at radius 3 is 2.64 bits per heavy atom. The summed E-state index contributed by atoms with van der Waals surface area (Å²) in [4.78, 5) is 28.7. The van der Waals surface area contributed by atoms with Crippen molar-refractivity contribution in [1.29, 1.82) is 0 Å². The van der Waals surface area contributed by atoms with Gasteiger partial charge in [-0.25, -0.2) is 0 Å². The van der Waals surface area contributed by atoms with Crippen molar-refractivity contribution >= 4 is 5.78 Å². The SMILES string of the molecule is Cc1noc(-c2cccn(CC(=O)c3ccccc3)c2=O)n1. The normalized spacial score (nSPS) is 10.6. The van der Waals surface area contributed by atoms with Crippen LogP contribution < -0.4 is 5.56 Å². The van der Waals surface area contributed by atoms with E-state index >= 15 is 0 Å². The van der Waals surface area contributed by atoms with Gasteiger partial charge in [0.2, 0.25) is 0 Å². The monoisotopic (exact) mass is 295 g/mol. The zero-order valence-electron chi connectivity index (χ0n) is 11.9. The minimum Gasteiger partial charge on any atom is -0.334 e. The molecule has 3 aromatic rings. The van der Waals surface area contributed by atoms with Gasteiger partial charge in [0.25, 0.3) is 11.4 Å². The van der Waals surface area contributed by atoms with Gasteiger partial charge in [0, 0.05) is 11.8 Å². The van der Waals surface area contributed by atoms with Gasteiger partial charge in [-0.05, 0) is 19.1 Å². The lowest BCUT2D eigenvalue weighted by Crippen LogP contribution is -2.24. The molecule has 0 unspecified atom stereocenters. The third kappa shape index (κ3) is 2.71. The summed E-state index contributed by atoms with van der Waals surface area (Å²) in [5.74, 6) is 0.468. The van der Waals surface area contributed by atoms with Crippen LogP contribution in [0, 0.1) is 6.92 Å². The van der Waals surface area contributed by atoms with Crippen molar-refractivity contribution in [2.75, 3.05) is 0 Å². The van der Waals surface area contributed by atoms with Crippen LogP contribution in [0.2, 0.25) is 0 Å². The first-order valence-electron chi connectivity index (χ1n) is 6.73. The molecule has 0 aliphatic carbocycles. The highest BCUT2D eigenvalue weighted by atomic mass is 16.5. The van der Waals surface area contributed by atoms with Crippen molar-refractivity contribution in [3.05, 3.63) is 70.4 Å². The lowest BCUT2D eigenvalue weighted by Gasteiger charge is -2.06. The Kier molecular flexibility index (Phi) is 3.65. The van der Waals surface area contributed by atoms with Crippen molar-refractivity contribution in [1.82, 2.24) is 14.7 Å². The maximum absolute atomic E-state index is 12.4. The first-order chi connectivity index (χ1) is 10.6. The van der Waals surface area contributed by atoms with E-state index in [1.54, 1.807) is 49.5 Å². The Labute approximate surface area is 126 Å². The van der Waals surface area contributed by atoms with Gasteiger partial charge >= 0.3 is 0 Å². The maximum atomic E-state index is 12.4. The fraction of sp³-hybridized carbons (Fsp3) is 0.125. The molecule has 1 aromatic carbocycles. The fourth-order valence-electron chi connectivity index (χ4n) is 2.10. The zero-order chi connectivity index (χ0) is 15.5. The molecule has 0 saturated carbocycles. The third-order valence-corrected chi connectivity index (χ3v) is 3.19. The summed E-state index contributed by atoms with van der Waals surface area (Å²) in [6.45, 7) is 1.64. The predicted molar refractivity (Wildman–Crippen MR) is 79.5 cm³/mol. The van der Waals surface area contributed by atoms with Gasteiger partial charge in [-0.15, -0.1) is 0 Å². The Morgan fingerprint density at radius 1 is 1.18 bits per heavy atom. The Bertz CT molecular complexity index is 866. The minimum absolute atomic E-state index is 0.0379. The number of hydrogen-bond acceptors (Lipinski definition) is 5. The van der Waals surface area contributed by atoms with Crippen LogP contribution in [-0.2, 0) is 6.54 Å². The van der Waals surface area contributed by atoms with Crippen LogP contribution in [0.3, 0.4) is 0 Å². The summed E-state index contributed by atoms with van der Waals surface area (Å²) in [6.07, 6.45) is 1.57. The second-order valence-corrected chi connectivity index (χ2v) is 4.79. The Morgan fingerprint density at radius 2 is 1.95 bits per heavy atom. The van der Waals surface area contributed by atoms with Gasteiger partial charge < -0.3 is 9.09 Å². The molecule has 0 aliphatic rings. The summed E-state index contributed by atoms with van der Waals surface area (Å²) >= 11 is 0. The fourth-order valence-corrected chi connectivity index (χ4v) is 2.10. The maximum Gasteiger partial charge on any atom is 0.263 e. The van der Waals surface area contributed by atoms with Crippen molar-refractivity contribution in [3.8, 4) is 11.5 Å². The van der Waals surface area contributed by atoms with Crippen LogP contribution in [0.1, 0.15) is 16.2 Å². The number of rotatable bonds is 4. The number of Topliss-reactive ketones (excluding diaryl/α,β-unsaturated/α-hetero) is 1. The van der Waals surface area contributed by atoms with Gasteiger partial charge in [0.15, 0.2) is 11.6 Å². The molecule has 0 radical (unpaired) electrons. The number of aryl methyl sites for hydroxylation is 1. The molecule has 0 bridgehead atoms. The standard InChI is InChI=1S/C16H13N3O3/c1-11-17-15(22-18-11)13-8-5-9-19(16(13)21)10-14(20)12-6-3-2-4-7-12/h2-9H,10H2,1H3. The average molecular weight is 295 g/mol. The van der Waals surface area contributed by atoms with Gasteiger partial charge in [0.1, 0.15) is 5.56 Å². The molecule has 0 N–H and O–H groups in total. The van der Waals surface area contributed by atoms with Crippen molar-refractivity contribution < 1.29 is 9.32 Å². The van der Waals surface area contributed by atoms with Crippen LogP contribution in [0.5, 0.6) is 0 Å². The Hall–Kier alpha value is -3.02. The molecule has 0 spiro atoms. The highest BCUT2D eigenvalue weighted by molar-refractivity contribution is 5.95. The number of carbonyl (C=O) groups is 1. The molecular formula is C16H13N3O3. The van der Waals surface area contributed by atoms with E-state index in [1.807, 2.05) is 6.07 Å². The van der Waals surface area contributed by atoms with Gasteiger partial charge in [-0.1, -0.05) is 35.5 Å². The van der Waals surface area contributed by atoms with Crippen LogP contribution >= 0.6 is 0 Å². The van der Waals surface area contributed by atoms with E-state index in [0.717, 1.165) is 0 Å². The lowest BCUT2D eigenvalue weighted by atomic mass is 10.1. The Balaban J connectivity index is 1.93. The quantitative estimate of drug-likeness (QED) is 0.689. The van der Waals surface area contributed by atoms with E-state index in [1.165, 1.54) is 4.57 Å². The smallest absolute Gasteiger partial charge is 0.263 e. The molecule has 6 heteroatoms. The molecular weight excluding hydrogens is 282 g/mol. The summed E-state index contributed by atoms with van der Waals surface area (Å²) in [6, 6.07) is 12.1. The zero-order valence-corrected chi connectivity index (χ0v) is 11.9. The van der Waals surface area contributed by atoms with Gasteiger partial charge in [0.05, 0.1) is 6.54 Å². The van der Waals surface area contributed by atoms with Crippen LogP contribution in [0.25, 0.3) is 11.5 Å². The second-order valence-electron chi connectivity index (χ2n) is 4.79. The predicted octanol–water partition coefficient (Wildman–Crippen LogP) is 2.09. The summed E-state index contributed by atoms with van der Waals surface area (Å²) in [5.41, 5.74) is 0.507. The number of aromatic nitrogens is 3. The average Bonchev–Trinajstić information content (AvgIpc) is 2.96. The molecule has 0 saturated heterocycles. The molecule has 22 heavy (non-hydrogen) atoms. The molecule has 0 fully saturated rings. The summed E-state index contributed by atoms with van der Waals surface area (Å²) in [7, 11) is 0. The van der Waals surface area contributed by atoms with Crippen LogP contribution in [0.15, 0.2) is 58.0 Å². The molecule has 3 rings (SSSR count). The topological polar surface area (TPSA) is 78.0 Å². The van der Waals surface area contributed by atoms with Crippen LogP contribution in [0.4, 0.5) is 0 Å². The molecule has 0 aliphatic heterocycles. The number of benzene rings is 1. The first-order valence-corrected chi connectivity index (χ1v) is 6.73. The van der Waals surface area contributed by atoms with Crippen molar-refractivity contribution in [2.45, 2.75) is 13.5 Å². The van der Waals surface area contributed by atoms with E-state index in [-0.39, 0.29) is 29.3 Å². The lowest BCUT2D eigenvalue weighted by molar-refractivity contribution is 0.0971. The summed E-state index contributed by atoms with van der Waals surface area (Å²) < 4.78 is 6.35. The number of carbonyl (C=O) groups excluding carboxylic acids is 1. The second kappa shape index (κ2) is 5.77. The van der Waals surface area contributed by atoms with E-state index < -0.39 is 0 Å². The third-order valence-electron chi connectivity index (χ3n) is 3.19. The number of hydrogen-bond donors (Lipinski definition) is 0. The number of pyridine rings is 1. The largest absolute Gasteiger partial charge is 0.334 e. The highest BCUT2D eigenvalue weighted by Crippen LogP contribution is 2.12. The molecule has 2 aromatic heterocycles. The minimum atomic E-state index is -0.338. The number of ketones is 1. The first kappa shape index (κ1) is 13.9. The van der Waals surface area contributed by atoms with E-state index in [2.05, 4.69) is 10.1 Å². The molecule has 0 atom stereocenters. The van der Waals surface area contributed by atoms with E-state index in [0.29, 0.717) is 11.4 Å². The molecule has 6 nitrogen and oxygen atoms in total. The van der Waals surface area contributed by atoms with Gasteiger partial charge in [-0.2, -0.15) is 4.98 Å². The van der Waals surface area contributed by atoms with E-state index in [4.69, 9.17) is 4.52 Å². The van der Waals surface area contributed by atoms with Crippen LogP contribution in [-0.4, -0.2) is 20.5 Å². The molecule has 0 amide bonds. The molecule has 2 heterocycles. The highest BCUT2D eigenvalue weighted by Gasteiger charge is 2.14. The van der Waals surface area contributed by atoms with Gasteiger partial charge in [-0.3, -0.25) is 9.59 Å². The van der Waals surface area contributed by atoms with E-state index in [9.17, 15) is 9.59 Å². The van der Waals surface area contributed by atoms with Crippen molar-refractivity contribution in [3.63, 3.8) is 0 Å².